The van der Waals surface area contributed by atoms with Gasteiger partial charge in [-0.3, -0.25) is 9.59 Å². The van der Waals surface area contributed by atoms with E-state index >= 15 is 0 Å². The Balaban J connectivity index is 2.28. The van der Waals surface area contributed by atoms with Gasteiger partial charge in [-0.05, 0) is 13.0 Å². The van der Waals surface area contributed by atoms with E-state index in [-0.39, 0.29) is 30.2 Å². The highest BCUT2D eigenvalue weighted by atomic mass is 19.1. The van der Waals surface area contributed by atoms with Crippen molar-refractivity contribution in [2.75, 3.05) is 6.54 Å². The van der Waals surface area contributed by atoms with Gasteiger partial charge in [0, 0.05) is 11.6 Å². The largest absolute Gasteiger partial charge is 0.328 e. The maximum atomic E-state index is 13.5. The van der Waals surface area contributed by atoms with E-state index < -0.39 is 17.7 Å². The molecule has 2 rings (SSSR count). The van der Waals surface area contributed by atoms with Crippen molar-refractivity contribution in [1.82, 2.24) is 4.90 Å². The molecule has 1 saturated heterocycles. The zero-order valence-electron chi connectivity index (χ0n) is 9.24. The van der Waals surface area contributed by atoms with Gasteiger partial charge in [0.05, 0.1) is 19.0 Å². The number of halogens is 2. The lowest BCUT2D eigenvalue weighted by Gasteiger charge is -2.24. The van der Waals surface area contributed by atoms with Gasteiger partial charge in [-0.25, -0.2) is 8.78 Å². The van der Waals surface area contributed by atoms with Crippen molar-refractivity contribution in [2.24, 2.45) is 0 Å². The Bertz CT molecular complexity index is 487. The van der Waals surface area contributed by atoms with Crippen molar-refractivity contribution in [1.29, 1.82) is 0 Å². The van der Waals surface area contributed by atoms with Gasteiger partial charge in [0.25, 0.3) is 0 Å². The minimum absolute atomic E-state index is 0.00316. The normalized spacial score (nSPS) is 17.7. The summed E-state index contributed by atoms with van der Waals surface area (Å²) in [5.41, 5.74) is 0.217. The number of carbonyl (C=O) groups excluding carboxylic acids is 2. The topological polar surface area (TPSA) is 37.4 Å². The molecule has 0 bridgehead atoms. The van der Waals surface area contributed by atoms with E-state index in [0.29, 0.717) is 0 Å². The van der Waals surface area contributed by atoms with Crippen LogP contribution in [0.3, 0.4) is 0 Å². The van der Waals surface area contributed by atoms with Gasteiger partial charge in [-0.1, -0.05) is 6.07 Å². The predicted octanol–water partition coefficient (Wildman–Crippen LogP) is 1.83. The Morgan fingerprint density at radius 1 is 1.29 bits per heavy atom. The highest BCUT2D eigenvalue weighted by molar-refractivity contribution is 6.05. The fraction of sp³-hybridized carbons (Fsp3) is 0.333. The second-order valence-electron chi connectivity index (χ2n) is 4.08. The highest BCUT2D eigenvalue weighted by Crippen LogP contribution is 2.26. The molecule has 0 radical (unpaired) electrons. The Morgan fingerprint density at radius 2 is 2.00 bits per heavy atom. The number of carbonyl (C=O) groups is 2. The van der Waals surface area contributed by atoms with Crippen LogP contribution in [0.5, 0.6) is 0 Å². The van der Waals surface area contributed by atoms with Crippen LogP contribution in [0, 0.1) is 11.6 Å². The van der Waals surface area contributed by atoms with Crippen LogP contribution in [0.15, 0.2) is 18.2 Å². The summed E-state index contributed by atoms with van der Waals surface area (Å²) in [5.74, 6) is -1.86. The summed E-state index contributed by atoms with van der Waals surface area (Å²) in [6, 6.07) is 2.64. The van der Waals surface area contributed by atoms with Crippen molar-refractivity contribution < 1.29 is 18.4 Å². The third-order valence-electron chi connectivity index (χ3n) is 2.90. The molecular weight excluding hydrogens is 228 g/mol. The minimum Gasteiger partial charge on any atom is -0.328 e. The fourth-order valence-electron chi connectivity index (χ4n) is 1.97. The lowest BCUT2D eigenvalue weighted by Crippen LogP contribution is -2.29. The molecule has 1 atom stereocenters. The van der Waals surface area contributed by atoms with Crippen molar-refractivity contribution in [2.45, 2.75) is 19.4 Å². The quantitative estimate of drug-likeness (QED) is 0.738. The Morgan fingerprint density at radius 3 is 2.53 bits per heavy atom. The summed E-state index contributed by atoms with van der Waals surface area (Å²) in [6.45, 7) is 1.61. The van der Waals surface area contributed by atoms with Gasteiger partial charge in [-0.15, -0.1) is 0 Å². The first-order valence-electron chi connectivity index (χ1n) is 5.25. The zero-order chi connectivity index (χ0) is 12.6. The first-order valence-corrected chi connectivity index (χ1v) is 5.25. The number of hydrogen-bond donors (Lipinski definition) is 0. The van der Waals surface area contributed by atoms with Crippen LogP contribution in [0.25, 0.3) is 0 Å². The van der Waals surface area contributed by atoms with E-state index in [2.05, 4.69) is 0 Å². The molecule has 90 valence electrons. The van der Waals surface area contributed by atoms with Crippen molar-refractivity contribution >= 4 is 11.7 Å². The smallest absolute Gasteiger partial charge is 0.231 e. The van der Waals surface area contributed by atoms with Crippen LogP contribution in [-0.2, 0) is 9.59 Å². The number of benzene rings is 1. The van der Waals surface area contributed by atoms with Gasteiger partial charge in [0.1, 0.15) is 11.6 Å². The maximum Gasteiger partial charge on any atom is 0.231 e. The second kappa shape index (κ2) is 4.24. The molecule has 1 fully saturated rings. The highest BCUT2D eigenvalue weighted by Gasteiger charge is 2.32. The van der Waals surface area contributed by atoms with Crippen LogP contribution in [0.4, 0.5) is 8.78 Å². The Hall–Kier alpha value is -1.78. The number of Topliss-reactive ketones (excluding diaryl/α,β-unsaturated/α-hetero) is 1. The minimum atomic E-state index is -0.704. The number of hydrogen-bond acceptors (Lipinski definition) is 2. The van der Waals surface area contributed by atoms with Crippen LogP contribution in [0.1, 0.15) is 24.9 Å². The second-order valence-corrected chi connectivity index (χ2v) is 4.08. The lowest BCUT2D eigenvalue weighted by molar-refractivity contribution is -0.129. The summed E-state index contributed by atoms with van der Waals surface area (Å²) < 4.78 is 26.3. The maximum absolute atomic E-state index is 13.5. The molecule has 1 heterocycles. The molecule has 1 aromatic rings. The monoisotopic (exact) mass is 239 g/mol. The summed E-state index contributed by atoms with van der Waals surface area (Å²) in [7, 11) is 0. The molecule has 0 saturated carbocycles. The molecule has 1 aromatic carbocycles. The average Bonchev–Trinajstić information content (AvgIpc) is 2.57. The summed E-state index contributed by atoms with van der Waals surface area (Å²) in [5, 5.41) is 0. The van der Waals surface area contributed by atoms with Crippen molar-refractivity contribution in [3.05, 3.63) is 35.4 Å². The lowest BCUT2D eigenvalue weighted by atomic mass is 10.1. The summed E-state index contributed by atoms with van der Waals surface area (Å²) in [6.07, 6.45) is -0.132. The number of nitrogens with zero attached hydrogens (tertiary/aromatic N) is 1. The molecule has 1 aliphatic rings. The number of likely N-dealkylation sites (tertiary alicyclic amines) is 1. The number of rotatable bonds is 2. The molecule has 17 heavy (non-hydrogen) atoms. The van der Waals surface area contributed by atoms with E-state index in [1.807, 2.05) is 0 Å². The fourth-order valence-corrected chi connectivity index (χ4v) is 1.97. The Kier molecular flexibility index (Phi) is 2.92. The van der Waals surface area contributed by atoms with Crippen LogP contribution >= 0.6 is 0 Å². The van der Waals surface area contributed by atoms with Crippen LogP contribution in [-0.4, -0.2) is 23.1 Å². The van der Waals surface area contributed by atoms with Crippen LogP contribution in [0.2, 0.25) is 0 Å². The van der Waals surface area contributed by atoms with E-state index in [1.165, 1.54) is 11.0 Å². The SMILES string of the molecule is CC(c1ccc(F)cc1F)N1CC(=O)CC1=O. The van der Waals surface area contributed by atoms with Crippen molar-refractivity contribution in [3.8, 4) is 0 Å². The van der Waals surface area contributed by atoms with E-state index in [9.17, 15) is 18.4 Å². The van der Waals surface area contributed by atoms with Crippen molar-refractivity contribution in [3.63, 3.8) is 0 Å². The molecule has 3 nitrogen and oxygen atoms in total. The van der Waals surface area contributed by atoms with Gasteiger partial charge >= 0.3 is 0 Å². The first kappa shape index (κ1) is 11.7. The van der Waals surface area contributed by atoms with Gasteiger partial charge in [-0.2, -0.15) is 0 Å². The van der Waals surface area contributed by atoms with E-state index in [4.69, 9.17) is 0 Å². The first-order chi connectivity index (χ1) is 7.99. The molecule has 0 N–H and O–H groups in total. The van der Waals surface area contributed by atoms with Gasteiger partial charge in [0.15, 0.2) is 5.78 Å². The average molecular weight is 239 g/mol. The number of ketones is 1. The van der Waals surface area contributed by atoms with Gasteiger partial charge in [0.2, 0.25) is 5.91 Å². The summed E-state index contributed by atoms with van der Waals surface area (Å²) in [4.78, 5) is 23.9. The molecule has 0 spiro atoms. The zero-order valence-corrected chi connectivity index (χ0v) is 9.24. The third-order valence-corrected chi connectivity index (χ3v) is 2.90. The molecule has 0 aromatic heterocycles. The molecular formula is C12H11F2NO2. The predicted molar refractivity (Wildman–Crippen MR) is 56.1 cm³/mol. The van der Waals surface area contributed by atoms with Gasteiger partial charge < -0.3 is 4.90 Å². The van der Waals surface area contributed by atoms with E-state index in [1.54, 1.807) is 6.92 Å². The molecule has 1 amide bonds. The summed E-state index contributed by atoms with van der Waals surface area (Å²) >= 11 is 0. The van der Waals surface area contributed by atoms with E-state index in [0.717, 1.165) is 12.1 Å². The third kappa shape index (κ3) is 2.18. The molecule has 1 unspecified atom stereocenters. The molecule has 5 heteroatoms. The molecule has 0 aliphatic carbocycles. The Labute approximate surface area is 97.0 Å². The molecule has 1 aliphatic heterocycles. The standard InChI is InChI=1S/C12H11F2NO2/c1-7(15-6-9(16)5-12(15)17)10-3-2-8(13)4-11(10)14/h2-4,7H,5-6H2,1H3. The van der Waals surface area contributed by atoms with Crippen LogP contribution < -0.4 is 0 Å². The number of amides is 1.